The second kappa shape index (κ2) is 4.66. The van der Waals surface area contributed by atoms with Gasteiger partial charge in [-0.2, -0.15) is 11.8 Å². The van der Waals surface area contributed by atoms with Gasteiger partial charge in [0.05, 0.1) is 5.25 Å². The van der Waals surface area contributed by atoms with Crippen molar-refractivity contribution in [3.05, 3.63) is 34.1 Å². The van der Waals surface area contributed by atoms with E-state index in [1.165, 1.54) is 12.1 Å². The van der Waals surface area contributed by atoms with E-state index in [2.05, 4.69) is 15.9 Å². The van der Waals surface area contributed by atoms with Crippen LogP contribution < -0.4 is 0 Å². The van der Waals surface area contributed by atoms with Crippen LogP contribution in [0.4, 0.5) is 4.39 Å². The molecule has 1 aromatic rings. The van der Waals surface area contributed by atoms with Crippen molar-refractivity contribution in [3.8, 4) is 0 Å². The zero-order chi connectivity index (χ0) is 10.8. The molecule has 15 heavy (non-hydrogen) atoms. The number of halogens is 2. The molecule has 0 bridgehead atoms. The van der Waals surface area contributed by atoms with Crippen LogP contribution in [0.2, 0.25) is 0 Å². The number of carbonyl (C=O) groups is 1. The van der Waals surface area contributed by atoms with Crippen molar-refractivity contribution in [2.75, 3.05) is 5.75 Å². The fraction of sp³-hybridized carbons (Fsp3) is 0.364. The summed E-state index contributed by atoms with van der Waals surface area (Å²) in [4.78, 5) is 11.9. The number of rotatable bonds is 2. The fourth-order valence-electron chi connectivity index (χ4n) is 1.67. The van der Waals surface area contributed by atoms with Crippen LogP contribution in [-0.2, 0) is 0 Å². The van der Waals surface area contributed by atoms with Crippen LogP contribution in [0.15, 0.2) is 22.7 Å². The Hall–Kier alpha value is -0.350. The first-order valence-corrected chi connectivity index (χ1v) is 6.63. The molecule has 1 aliphatic heterocycles. The maximum Gasteiger partial charge on any atom is 0.175 e. The predicted molar refractivity (Wildman–Crippen MR) is 63.9 cm³/mol. The third-order valence-corrected chi connectivity index (χ3v) is 4.20. The smallest absolute Gasteiger partial charge is 0.175 e. The Kier molecular flexibility index (Phi) is 3.46. The summed E-state index contributed by atoms with van der Waals surface area (Å²) in [6, 6.07) is 4.36. The van der Waals surface area contributed by atoms with E-state index in [1.54, 1.807) is 17.8 Å². The minimum Gasteiger partial charge on any atom is -0.293 e. The van der Waals surface area contributed by atoms with E-state index in [-0.39, 0.29) is 16.9 Å². The molecule has 1 fully saturated rings. The van der Waals surface area contributed by atoms with Gasteiger partial charge in [0.1, 0.15) is 5.82 Å². The molecule has 1 saturated heterocycles. The Morgan fingerprint density at radius 2 is 2.27 bits per heavy atom. The Bertz CT molecular complexity index is 368. The quantitative estimate of drug-likeness (QED) is 0.773. The summed E-state index contributed by atoms with van der Waals surface area (Å²) in [6.45, 7) is 0. The zero-order valence-corrected chi connectivity index (χ0v) is 10.4. The van der Waals surface area contributed by atoms with Crippen molar-refractivity contribution >= 4 is 33.5 Å². The number of carbonyl (C=O) groups excluding carboxylic acids is 1. The molecule has 80 valence electrons. The molecule has 1 aliphatic rings. The summed E-state index contributed by atoms with van der Waals surface area (Å²) in [5, 5.41) is 0.0266. The Labute approximate surface area is 101 Å². The second-order valence-electron chi connectivity index (χ2n) is 3.52. The van der Waals surface area contributed by atoms with Gasteiger partial charge in [0.25, 0.3) is 0 Å². The maximum atomic E-state index is 13.1. The highest BCUT2D eigenvalue weighted by Gasteiger charge is 2.24. The van der Waals surface area contributed by atoms with E-state index in [9.17, 15) is 9.18 Å². The molecule has 1 heterocycles. The lowest BCUT2D eigenvalue weighted by Gasteiger charge is -2.07. The summed E-state index contributed by atoms with van der Waals surface area (Å²) < 4.78 is 13.7. The van der Waals surface area contributed by atoms with Crippen molar-refractivity contribution in [1.82, 2.24) is 0 Å². The number of hydrogen-bond acceptors (Lipinski definition) is 2. The molecule has 0 saturated carbocycles. The van der Waals surface area contributed by atoms with Gasteiger partial charge < -0.3 is 0 Å². The Balaban J connectivity index is 2.24. The number of thioether (sulfide) groups is 1. The molecular weight excluding hydrogens is 279 g/mol. The van der Waals surface area contributed by atoms with Crippen molar-refractivity contribution < 1.29 is 9.18 Å². The van der Waals surface area contributed by atoms with Gasteiger partial charge >= 0.3 is 0 Å². The topological polar surface area (TPSA) is 17.1 Å². The molecule has 0 radical (unpaired) electrons. The molecule has 1 atom stereocenters. The molecule has 0 aromatic heterocycles. The van der Waals surface area contributed by atoms with E-state index in [0.29, 0.717) is 10.0 Å². The van der Waals surface area contributed by atoms with Crippen LogP contribution in [-0.4, -0.2) is 16.8 Å². The van der Waals surface area contributed by atoms with Crippen LogP contribution in [0.25, 0.3) is 0 Å². The van der Waals surface area contributed by atoms with Crippen LogP contribution in [0.5, 0.6) is 0 Å². The largest absolute Gasteiger partial charge is 0.293 e. The maximum absolute atomic E-state index is 13.1. The first-order chi connectivity index (χ1) is 7.16. The molecule has 1 nitrogen and oxygen atoms in total. The van der Waals surface area contributed by atoms with Gasteiger partial charge in [0.15, 0.2) is 5.78 Å². The Morgan fingerprint density at radius 3 is 2.87 bits per heavy atom. The lowest BCUT2D eigenvalue weighted by Crippen LogP contribution is -2.14. The van der Waals surface area contributed by atoms with Crippen molar-refractivity contribution in [2.24, 2.45) is 0 Å². The van der Waals surface area contributed by atoms with Crippen molar-refractivity contribution in [3.63, 3.8) is 0 Å². The summed E-state index contributed by atoms with van der Waals surface area (Å²) in [7, 11) is 0. The summed E-state index contributed by atoms with van der Waals surface area (Å²) in [5.41, 5.74) is 0.473. The fourth-order valence-corrected chi connectivity index (χ4v) is 3.37. The minimum atomic E-state index is -0.365. The van der Waals surface area contributed by atoms with Gasteiger partial charge in [0.2, 0.25) is 0 Å². The summed E-state index contributed by atoms with van der Waals surface area (Å²) in [6.07, 6.45) is 2.00. The molecule has 4 heteroatoms. The monoisotopic (exact) mass is 288 g/mol. The molecule has 2 rings (SSSR count). The van der Waals surface area contributed by atoms with Gasteiger partial charge in [-0.1, -0.05) is 15.9 Å². The Morgan fingerprint density at radius 1 is 1.47 bits per heavy atom. The molecule has 0 spiro atoms. The zero-order valence-electron chi connectivity index (χ0n) is 8.00. The molecule has 1 aromatic carbocycles. The molecule has 0 amide bonds. The van der Waals surface area contributed by atoms with E-state index < -0.39 is 0 Å². The van der Waals surface area contributed by atoms with Crippen molar-refractivity contribution in [2.45, 2.75) is 18.1 Å². The number of benzene rings is 1. The lowest BCUT2D eigenvalue weighted by atomic mass is 10.1. The van der Waals surface area contributed by atoms with Crippen LogP contribution in [0.1, 0.15) is 23.2 Å². The first kappa shape index (κ1) is 11.1. The third-order valence-electron chi connectivity index (χ3n) is 2.37. The van der Waals surface area contributed by atoms with Gasteiger partial charge in [-0.05, 0) is 36.8 Å². The average Bonchev–Trinajstić information content (AvgIpc) is 2.67. The third kappa shape index (κ3) is 2.61. The van der Waals surface area contributed by atoms with Crippen LogP contribution in [0, 0.1) is 5.82 Å². The van der Waals surface area contributed by atoms with Gasteiger partial charge in [-0.15, -0.1) is 0 Å². The SMILES string of the molecule is O=C(c1cc(F)cc(Br)c1)C1CCCS1. The highest BCUT2D eigenvalue weighted by molar-refractivity contribution is 9.10. The van der Waals surface area contributed by atoms with E-state index in [1.807, 2.05) is 0 Å². The summed E-state index contributed by atoms with van der Waals surface area (Å²) >= 11 is 4.86. The normalized spacial score (nSPS) is 20.5. The first-order valence-electron chi connectivity index (χ1n) is 4.79. The predicted octanol–water partition coefficient (Wildman–Crippen LogP) is 3.67. The van der Waals surface area contributed by atoms with Gasteiger partial charge in [-0.25, -0.2) is 4.39 Å². The minimum absolute atomic E-state index is 0.0266. The van der Waals surface area contributed by atoms with Gasteiger partial charge in [-0.3, -0.25) is 4.79 Å². The van der Waals surface area contributed by atoms with Gasteiger partial charge in [0, 0.05) is 10.0 Å². The van der Waals surface area contributed by atoms with Crippen LogP contribution in [0.3, 0.4) is 0 Å². The second-order valence-corrected chi connectivity index (χ2v) is 5.75. The molecule has 1 unspecified atom stereocenters. The highest BCUT2D eigenvalue weighted by atomic mass is 79.9. The molecule has 0 N–H and O–H groups in total. The van der Waals surface area contributed by atoms with E-state index in [0.717, 1.165) is 18.6 Å². The number of Topliss-reactive ketones (excluding diaryl/α,β-unsaturated/α-hetero) is 1. The van der Waals surface area contributed by atoms with E-state index in [4.69, 9.17) is 0 Å². The standard InChI is InChI=1S/C11H10BrFOS/c12-8-4-7(5-9(13)6-8)11(14)10-2-1-3-15-10/h4-6,10H,1-3H2. The lowest BCUT2D eigenvalue weighted by molar-refractivity contribution is 0.0988. The molecular formula is C11H10BrFOS. The van der Waals surface area contributed by atoms with Crippen molar-refractivity contribution in [1.29, 1.82) is 0 Å². The number of hydrogen-bond donors (Lipinski definition) is 0. The van der Waals surface area contributed by atoms with Crippen LogP contribution >= 0.6 is 27.7 Å². The number of ketones is 1. The average molecular weight is 289 g/mol. The molecule has 0 aliphatic carbocycles. The van der Waals surface area contributed by atoms with E-state index >= 15 is 0 Å². The highest BCUT2D eigenvalue weighted by Crippen LogP contribution is 2.29. The summed E-state index contributed by atoms with van der Waals surface area (Å²) in [5.74, 6) is 0.723.